The molecule has 0 aliphatic carbocycles. The Labute approximate surface area is 154 Å². The van der Waals surface area contributed by atoms with Gasteiger partial charge in [-0.3, -0.25) is 4.79 Å². The van der Waals surface area contributed by atoms with Crippen molar-refractivity contribution in [2.24, 2.45) is 0 Å². The van der Waals surface area contributed by atoms with Gasteiger partial charge in [0, 0.05) is 5.56 Å². The lowest BCUT2D eigenvalue weighted by Gasteiger charge is -2.07. The summed E-state index contributed by atoms with van der Waals surface area (Å²) in [6.45, 7) is 0. The van der Waals surface area contributed by atoms with Crippen LogP contribution in [-0.2, 0) is 6.18 Å². The van der Waals surface area contributed by atoms with E-state index in [4.69, 9.17) is 9.15 Å². The van der Waals surface area contributed by atoms with E-state index < -0.39 is 17.3 Å². The van der Waals surface area contributed by atoms with Gasteiger partial charge < -0.3 is 14.1 Å². The maximum atomic E-state index is 12.8. The van der Waals surface area contributed by atoms with E-state index >= 15 is 0 Å². The quantitative estimate of drug-likeness (QED) is 0.576. The molecule has 0 bridgehead atoms. The number of hydrogen-bond acceptors (Lipinski definition) is 6. The molecule has 0 amide bonds. The third-order valence-electron chi connectivity index (χ3n) is 3.98. The van der Waals surface area contributed by atoms with Gasteiger partial charge in [-0.1, -0.05) is 0 Å². The van der Waals surface area contributed by atoms with Crippen LogP contribution in [0.15, 0.2) is 51.7 Å². The van der Waals surface area contributed by atoms with Gasteiger partial charge >= 0.3 is 6.18 Å². The molecule has 4 aromatic rings. The Morgan fingerprint density at radius 3 is 2.43 bits per heavy atom. The first-order valence-corrected chi connectivity index (χ1v) is 7.95. The van der Waals surface area contributed by atoms with Gasteiger partial charge in [-0.2, -0.15) is 13.2 Å². The molecule has 1 N–H and O–H groups in total. The van der Waals surface area contributed by atoms with Crippen LogP contribution >= 0.6 is 0 Å². The summed E-state index contributed by atoms with van der Waals surface area (Å²) < 4.78 is 49.0. The van der Waals surface area contributed by atoms with Crippen LogP contribution in [0.2, 0.25) is 0 Å². The fraction of sp³-hybridized carbons (Fsp3) is 0.111. The zero-order valence-electron chi connectivity index (χ0n) is 14.2. The Hall–Kier alpha value is -3.69. The monoisotopic (exact) mass is 388 g/mol. The second-order valence-electron chi connectivity index (χ2n) is 5.79. The van der Waals surface area contributed by atoms with Crippen LogP contribution in [0.25, 0.3) is 34.1 Å². The van der Waals surface area contributed by atoms with E-state index in [9.17, 15) is 18.0 Å². The van der Waals surface area contributed by atoms with E-state index in [1.54, 1.807) is 24.3 Å². The summed E-state index contributed by atoms with van der Waals surface area (Å²) >= 11 is 0. The van der Waals surface area contributed by atoms with Gasteiger partial charge in [0.25, 0.3) is 11.4 Å². The highest BCUT2D eigenvalue weighted by molar-refractivity contribution is 5.77. The Balaban J connectivity index is 1.74. The summed E-state index contributed by atoms with van der Waals surface area (Å²) in [5.74, 6) is 0.662. The predicted molar refractivity (Wildman–Crippen MR) is 92.6 cm³/mol. The van der Waals surface area contributed by atoms with E-state index in [0.717, 1.165) is 12.1 Å². The molecule has 7 nitrogen and oxygen atoms in total. The van der Waals surface area contributed by atoms with Crippen LogP contribution in [0.3, 0.4) is 0 Å². The van der Waals surface area contributed by atoms with Crippen LogP contribution < -0.4 is 10.3 Å². The molecule has 0 unspecified atom stereocenters. The third-order valence-corrected chi connectivity index (χ3v) is 3.98. The summed E-state index contributed by atoms with van der Waals surface area (Å²) in [6, 6.07) is 9.69. The summed E-state index contributed by atoms with van der Waals surface area (Å²) in [4.78, 5) is 18.7. The van der Waals surface area contributed by atoms with Crippen molar-refractivity contribution in [1.29, 1.82) is 0 Å². The fourth-order valence-electron chi connectivity index (χ4n) is 2.58. The molecule has 10 heteroatoms. The summed E-state index contributed by atoms with van der Waals surface area (Å²) in [5, 5.41) is 7.71. The Morgan fingerprint density at radius 2 is 1.75 bits per heavy atom. The number of methoxy groups -OCH3 is 1. The predicted octanol–water partition coefficient (Wildman–Crippen LogP) is 3.67. The van der Waals surface area contributed by atoms with Crippen molar-refractivity contribution in [3.05, 3.63) is 58.4 Å². The Bertz CT molecular complexity index is 1210. The number of ether oxygens (including phenoxy) is 1. The average Bonchev–Trinajstić information content (AvgIpc) is 3.16. The first-order valence-electron chi connectivity index (χ1n) is 7.95. The van der Waals surface area contributed by atoms with Crippen molar-refractivity contribution in [2.45, 2.75) is 6.18 Å². The van der Waals surface area contributed by atoms with E-state index in [0.29, 0.717) is 11.3 Å². The molecule has 2 aromatic carbocycles. The maximum absolute atomic E-state index is 12.8. The highest BCUT2D eigenvalue weighted by Crippen LogP contribution is 2.31. The second kappa shape index (κ2) is 6.48. The molecule has 0 spiro atoms. The van der Waals surface area contributed by atoms with Gasteiger partial charge in [0.15, 0.2) is 5.69 Å². The lowest BCUT2D eigenvalue weighted by atomic mass is 10.2. The zero-order chi connectivity index (χ0) is 19.9. The van der Waals surface area contributed by atoms with Crippen LogP contribution in [0.1, 0.15) is 5.56 Å². The molecule has 2 heterocycles. The minimum absolute atomic E-state index is 0.0431. The first kappa shape index (κ1) is 17.7. The van der Waals surface area contributed by atoms with E-state index in [1.165, 1.54) is 13.2 Å². The number of fused-ring (bicyclic) bond motifs is 1. The molecule has 0 aliphatic heterocycles. The minimum atomic E-state index is -4.52. The van der Waals surface area contributed by atoms with E-state index in [1.807, 2.05) is 0 Å². The molecular weight excluding hydrogens is 377 g/mol. The zero-order valence-corrected chi connectivity index (χ0v) is 14.2. The molecule has 0 saturated carbocycles. The van der Waals surface area contributed by atoms with Crippen molar-refractivity contribution in [1.82, 2.24) is 20.2 Å². The normalized spacial score (nSPS) is 11.7. The van der Waals surface area contributed by atoms with Crippen molar-refractivity contribution < 1.29 is 22.3 Å². The molecule has 28 heavy (non-hydrogen) atoms. The number of H-pyrrole nitrogens is 1. The van der Waals surface area contributed by atoms with Gasteiger partial charge in [0.05, 0.1) is 23.7 Å². The molecule has 0 saturated heterocycles. The third kappa shape index (κ3) is 3.20. The van der Waals surface area contributed by atoms with Crippen LogP contribution in [0.4, 0.5) is 13.2 Å². The highest BCUT2D eigenvalue weighted by atomic mass is 19.4. The molecule has 0 fully saturated rings. The van der Waals surface area contributed by atoms with Crippen LogP contribution in [-0.4, -0.2) is 27.3 Å². The minimum Gasteiger partial charge on any atom is -0.497 e. The number of aromatic amines is 1. The second-order valence-corrected chi connectivity index (χ2v) is 5.79. The molecular formula is C18H11F3N4O3. The van der Waals surface area contributed by atoms with Gasteiger partial charge in [0.1, 0.15) is 5.75 Å². The van der Waals surface area contributed by atoms with E-state index in [-0.39, 0.29) is 28.5 Å². The maximum Gasteiger partial charge on any atom is 0.416 e. The largest absolute Gasteiger partial charge is 0.497 e. The van der Waals surface area contributed by atoms with Crippen molar-refractivity contribution in [3.8, 4) is 28.8 Å². The topological polar surface area (TPSA) is 93.9 Å². The number of benzene rings is 2. The average molecular weight is 388 g/mol. The van der Waals surface area contributed by atoms with Gasteiger partial charge in [-0.25, -0.2) is 4.98 Å². The smallest absolute Gasteiger partial charge is 0.416 e. The Kier molecular flexibility index (Phi) is 4.10. The highest BCUT2D eigenvalue weighted by Gasteiger charge is 2.30. The Morgan fingerprint density at radius 1 is 1.04 bits per heavy atom. The van der Waals surface area contributed by atoms with Gasteiger partial charge in [-0.15, -0.1) is 10.2 Å². The number of halogens is 3. The van der Waals surface area contributed by atoms with Gasteiger partial charge in [0.2, 0.25) is 5.89 Å². The molecule has 142 valence electrons. The lowest BCUT2D eigenvalue weighted by Crippen LogP contribution is -2.13. The standard InChI is InChI=1S/C18H11F3N4O3/c1-27-11-5-2-9(3-6-11)16-24-25-17(28-16)14-15(26)23-13-8-10(18(19,20)21)4-7-12(13)22-14/h2-8H,1H3,(H,23,26). The molecule has 0 atom stereocenters. The molecule has 4 rings (SSSR count). The number of alkyl halides is 3. The van der Waals surface area contributed by atoms with Crippen LogP contribution in [0.5, 0.6) is 5.75 Å². The van der Waals surface area contributed by atoms with Gasteiger partial charge in [-0.05, 0) is 42.5 Å². The summed E-state index contributed by atoms with van der Waals surface area (Å²) in [5.41, 5.74) is -1.09. The summed E-state index contributed by atoms with van der Waals surface area (Å²) in [6.07, 6.45) is -4.52. The van der Waals surface area contributed by atoms with Crippen molar-refractivity contribution in [3.63, 3.8) is 0 Å². The number of aromatic nitrogens is 4. The number of nitrogens with one attached hydrogen (secondary N) is 1. The molecule has 0 radical (unpaired) electrons. The van der Waals surface area contributed by atoms with Crippen LogP contribution in [0, 0.1) is 0 Å². The number of nitrogens with zero attached hydrogens (tertiary/aromatic N) is 3. The van der Waals surface area contributed by atoms with E-state index in [2.05, 4.69) is 20.2 Å². The van der Waals surface area contributed by atoms with Crippen molar-refractivity contribution in [2.75, 3.05) is 7.11 Å². The fourth-order valence-corrected chi connectivity index (χ4v) is 2.58. The molecule has 0 aliphatic rings. The number of rotatable bonds is 3. The first-order chi connectivity index (χ1) is 13.3. The number of hydrogen-bond donors (Lipinski definition) is 1. The summed E-state index contributed by atoms with van der Waals surface area (Å²) in [7, 11) is 1.54. The van der Waals surface area contributed by atoms with Crippen molar-refractivity contribution >= 4 is 11.0 Å². The SMILES string of the molecule is COc1ccc(-c2nnc(-c3nc4ccc(C(F)(F)F)cc4[nH]c3=O)o2)cc1. The lowest BCUT2D eigenvalue weighted by molar-refractivity contribution is -0.137. The molecule has 2 aromatic heterocycles.